The molecule has 750 valence electrons. The first kappa shape index (κ1) is 102. The van der Waals surface area contributed by atoms with Crippen LogP contribution in [0.25, 0.3) is 0 Å². The van der Waals surface area contributed by atoms with Crippen LogP contribution in [0.3, 0.4) is 0 Å². The summed E-state index contributed by atoms with van der Waals surface area (Å²) in [4.78, 5) is 304. The van der Waals surface area contributed by atoms with Gasteiger partial charge in [-0.15, -0.1) is 0 Å². The van der Waals surface area contributed by atoms with Crippen molar-refractivity contribution in [3.63, 3.8) is 0 Å². The number of aliphatic hydroxyl groups is 7. The van der Waals surface area contributed by atoms with Gasteiger partial charge in [0.25, 0.3) is 0 Å². The molecule has 0 aliphatic carbocycles. The van der Waals surface area contributed by atoms with Crippen molar-refractivity contribution in [1.82, 2.24) is 107 Å². The number of hydrogen-bond donors (Lipinski definition) is 18. The van der Waals surface area contributed by atoms with Crippen molar-refractivity contribution < 1.29 is 142 Å². The lowest BCUT2D eigenvalue weighted by Crippen LogP contribution is -2.57. The number of likely N-dealkylation sites (tertiary alicyclic amines) is 12. The first-order chi connectivity index (χ1) is 64.9. The summed E-state index contributed by atoms with van der Waals surface area (Å²) in [5, 5.41) is 107. The molecule has 21 atom stereocenters. The standard InChI is InChI=1S/C85H126N22O29/c86-16-2-1-9-51(72(123)94-37-71(121)122)95-79(130)59-24-45(109)38-102(59)65(115)31-88-74(125)54-11-4-18-97(54)81(132)61-26-47(111)40-104(61)67(117)33-90-76(127)56-13-6-20-99(56)83(134)63-28-49(113)42-106(63)69(119)35-92-78(129)58-15-8-22-101(58)85(136)64-29-50(114)43-107(64)70(120)36-93-77(128)57-14-7-21-100(57)84(135)62-27-48(112)41-105(62)68(118)34-91-75(126)55-12-5-19-98(55)82(133)60-25-46(110)39-103(60)66(116)32-89-73(124)53-10-3-17-96(53)80(131)52-23-44(108)30-87-52/h44-64,87,108-114H,1-43,86H2,(H,88,125)(H,89,124)(H,90,127)(H,91,126)(H,92,129)(H,93,128)(H,94,123)(H,95,130)(H,121,122)/t44-,45-,46-,47-,48-,49-,50-,51+,52+,53+,54+,55+,56+,57+,58+,59+,60+,61+,62+,63+,64+/m1/s1. The molecule has 13 fully saturated rings. The van der Waals surface area contributed by atoms with E-state index in [1.54, 1.807) is 0 Å². The molecule has 13 aliphatic rings. The number of amides is 20. The van der Waals surface area contributed by atoms with Crippen molar-refractivity contribution in [3.05, 3.63) is 0 Å². The van der Waals surface area contributed by atoms with Crippen molar-refractivity contribution in [2.45, 2.75) is 269 Å². The smallest absolute Gasteiger partial charge is 0.322 e. The van der Waals surface area contributed by atoms with E-state index in [-0.39, 0.29) is 174 Å². The number of carboxylic acids is 1. The van der Waals surface area contributed by atoms with Gasteiger partial charge in [-0.1, -0.05) is 0 Å². The Labute approximate surface area is 780 Å². The van der Waals surface area contributed by atoms with Crippen LogP contribution in [0, 0.1) is 0 Å². The highest BCUT2D eigenvalue weighted by Crippen LogP contribution is 2.34. The number of nitrogens with two attached hydrogens (primary N) is 1. The van der Waals surface area contributed by atoms with Gasteiger partial charge in [0.15, 0.2) is 0 Å². The zero-order valence-corrected chi connectivity index (χ0v) is 75.6. The molecule has 20 amide bonds. The van der Waals surface area contributed by atoms with Gasteiger partial charge in [-0.2, -0.15) is 0 Å². The molecule has 0 unspecified atom stereocenters. The highest BCUT2D eigenvalue weighted by molar-refractivity contribution is 6.02. The summed E-state index contributed by atoms with van der Waals surface area (Å²) < 4.78 is 0. The van der Waals surface area contributed by atoms with Crippen LogP contribution in [0.5, 0.6) is 0 Å². The molecule has 13 aliphatic heterocycles. The molecular formula is C85H126N22O29. The molecule has 0 radical (unpaired) electrons. The molecule has 51 nitrogen and oxygen atoms in total. The number of carbonyl (C=O) groups excluding carboxylic acids is 20. The second-order valence-corrected chi connectivity index (χ2v) is 37.5. The summed E-state index contributed by atoms with van der Waals surface area (Å²) in [7, 11) is 0. The number of unbranched alkanes of at least 4 members (excludes halogenated alkanes) is 1. The van der Waals surface area contributed by atoms with Crippen molar-refractivity contribution in [1.29, 1.82) is 0 Å². The van der Waals surface area contributed by atoms with E-state index in [1.165, 1.54) is 29.4 Å². The first-order valence-corrected chi connectivity index (χ1v) is 47.2. The second kappa shape index (κ2) is 45.2. The van der Waals surface area contributed by atoms with E-state index >= 15 is 0 Å². The van der Waals surface area contributed by atoms with Gasteiger partial charge in [0.05, 0.1) is 88.0 Å². The molecule has 0 aromatic heterocycles. The molecule has 0 aromatic carbocycles. The number of nitrogens with zero attached hydrogens (tertiary/aromatic N) is 12. The number of aliphatic hydroxyl groups excluding tert-OH is 7. The molecule has 13 heterocycles. The number of carbonyl (C=O) groups is 21. The van der Waals surface area contributed by atoms with Gasteiger partial charge in [-0.25, -0.2) is 0 Å². The van der Waals surface area contributed by atoms with Crippen molar-refractivity contribution in [2.75, 3.05) is 137 Å². The van der Waals surface area contributed by atoms with Crippen molar-refractivity contribution in [2.24, 2.45) is 5.73 Å². The van der Waals surface area contributed by atoms with E-state index in [1.807, 2.05) is 0 Å². The molecule has 51 heteroatoms. The van der Waals surface area contributed by atoms with Crippen LogP contribution >= 0.6 is 0 Å². The van der Waals surface area contributed by atoms with Crippen LogP contribution in [-0.2, 0) is 101 Å². The normalized spacial score (nSPS) is 30.0. The van der Waals surface area contributed by atoms with E-state index in [9.17, 15) is 136 Å². The van der Waals surface area contributed by atoms with Gasteiger partial charge < -0.3 is 153 Å². The molecule has 13 rings (SSSR count). The quantitative estimate of drug-likeness (QED) is 0.0271. The predicted octanol–water partition coefficient (Wildman–Crippen LogP) is -14.1. The number of carboxylic acid groups (broad SMARTS) is 1. The molecule has 0 saturated carbocycles. The van der Waals surface area contributed by atoms with Crippen LogP contribution in [0.4, 0.5) is 0 Å². The summed E-state index contributed by atoms with van der Waals surface area (Å²) in [6.07, 6.45) is -5.02. The van der Waals surface area contributed by atoms with Crippen molar-refractivity contribution >= 4 is 124 Å². The van der Waals surface area contributed by atoms with E-state index in [0.29, 0.717) is 64.3 Å². The zero-order valence-electron chi connectivity index (χ0n) is 75.6. The van der Waals surface area contributed by atoms with Gasteiger partial charge in [0.1, 0.15) is 85.1 Å². The van der Waals surface area contributed by atoms with Crippen molar-refractivity contribution in [3.8, 4) is 0 Å². The third kappa shape index (κ3) is 23.5. The van der Waals surface area contributed by atoms with Crippen LogP contribution < -0.4 is 53.6 Å². The monoisotopic (exact) mass is 1920 g/mol. The maximum Gasteiger partial charge on any atom is 0.322 e. The van der Waals surface area contributed by atoms with Crippen LogP contribution in [-0.4, -0.2) is 489 Å². The largest absolute Gasteiger partial charge is 0.480 e. The van der Waals surface area contributed by atoms with Gasteiger partial charge in [-0.05, 0) is 109 Å². The molecule has 0 aromatic rings. The highest BCUT2D eigenvalue weighted by atomic mass is 16.4. The fraction of sp³-hybridized carbons (Fsp3) is 0.753. The Morgan fingerprint density at radius 1 is 0.279 bits per heavy atom. The Balaban J connectivity index is 0.536. The first-order valence-electron chi connectivity index (χ1n) is 47.2. The summed E-state index contributed by atoms with van der Waals surface area (Å²) in [6, 6.07) is -16.3. The highest BCUT2D eigenvalue weighted by Gasteiger charge is 2.54. The number of rotatable bonds is 33. The summed E-state index contributed by atoms with van der Waals surface area (Å²) in [5.41, 5.74) is 5.59. The predicted molar refractivity (Wildman–Crippen MR) is 461 cm³/mol. The Morgan fingerprint density at radius 2 is 0.522 bits per heavy atom. The number of β-amino-alcohol motifs (C(OH)–C–C–N with tert-alkyl or cyclic N) is 7. The average molecular weight is 1920 g/mol. The minimum atomic E-state index is -1.33. The lowest BCUT2D eigenvalue weighted by atomic mass is 10.1. The Hall–Kier alpha value is -11.5. The Bertz CT molecular complexity index is 4580. The molecular weight excluding hydrogens is 1790 g/mol. The zero-order chi connectivity index (χ0) is 97.9. The van der Waals surface area contributed by atoms with Crippen LogP contribution in [0.15, 0.2) is 0 Å². The van der Waals surface area contributed by atoms with Gasteiger partial charge in [-0.3, -0.25) is 101 Å². The maximum absolute atomic E-state index is 14.5. The SMILES string of the molecule is NCCCC[C@H](NC(=O)[C@@H]1C[C@@H](O)CN1C(=O)CNC(=O)[C@@H]1CCCN1C(=O)[C@@H]1C[C@@H](O)CN1C(=O)CNC(=O)[C@@H]1CCCN1C(=O)[C@@H]1C[C@@H](O)CN1C(=O)CNC(=O)[C@@H]1CCCN1C(=O)[C@@H]1C[C@@H](O)CN1C(=O)CNC(=O)[C@@H]1CCCN1C(=O)[C@@H]1C[C@@H](O)CN1C(=O)CNC(=O)[C@@H]1CCCN1C(=O)[C@@H]1C[C@@H](O)CN1C(=O)CNC(=O)[C@@H]1CCCN1C(=O)[C@@H]1C[C@@H](O)CN1)C(=O)NCC(=O)O. The van der Waals surface area contributed by atoms with Gasteiger partial charge in [0.2, 0.25) is 118 Å². The van der Waals surface area contributed by atoms with E-state index in [4.69, 9.17) is 10.8 Å². The topological polar surface area (TPSA) is 693 Å². The van der Waals surface area contributed by atoms with E-state index in [2.05, 4.69) is 47.9 Å². The molecule has 13 saturated heterocycles. The minimum Gasteiger partial charge on any atom is -0.480 e. The molecule has 19 N–H and O–H groups in total. The lowest BCUT2D eigenvalue weighted by molar-refractivity contribution is -0.148. The molecule has 136 heavy (non-hydrogen) atoms. The van der Waals surface area contributed by atoms with Crippen LogP contribution in [0.1, 0.15) is 141 Å². The van der Waals surface area contributed by atoms with Crippen LogP contribution in [0.2, 0.25) is 0 Å². The fourth-order valence-electron chi connectivity index (χ4n) is 21.4. The number of aliphatic carboxylic acids is 1. The third-order valence-corrected chi connectivity index (χ3v) is 28.2. The lowest BCUT2D eigenvalue weighted by Gasteiger charge is -2.32. The van der Waals surface area contributed by atoms with Gasteiger partial charge in [0, 0.05) is 124 Å². The average Bonchev–Trinajstić information content (AvgIpc) is 1.65. The molecule has 0 spiro atoms. The minimum absolute atomic E-state index is 0.0169. The maximum atomic E-state index is 14.5. The van der Waals surface area contributed by atoms with E-state index in [0.717, 1.165) is 29.4 Å². The summed E-state index contributed by atoms with van der Waals surface area (Å²) in [6.45, 7) is -5.72. The Kier molecular flexibility index (Phi) is 33.9. The third-order valence-electron chi connectivity index (χ3n) is 28.2. The summed E-state index contributed by atoms with van der Waals surface area (Å²) in [5.74, 6) is -15.9. The van der Waals surface area contributed by atoms with Gasteiger partial charge >= 0.3 is 5.97 Å². The fourth-order valence-corrected chi connectivity index (χ4v) is 21.4. The molecule has 0 bridgehead atoms. The summed E-state index contributed by atoms with van der Waals surface area (Å²) >= 11 is 0. The second-order valence-electron chi connectivity index (χ2n) is 37.5. The number of hydrogen-bond acceptors (Lipinski definition) is 30. The van der Waals surface area contributed by atoms with E-state index < -0.39 is 291 Å². The Morgan fingerprint density at radius 3 is 0.757 bits per heavy atom. The number of nitrogens with one attached hydrogen (secondary N) is 9.